The summed E-state index contributed by atoms with van der Waals surface area (Å²) in [7, 11) is 0. The van der Waals surface area contributed by atoms with Crippen LogP contribution in [0.25, 0.3) is 10.8 Å². The van der Waals surface area contributed by atoms with Crippen molar-refractivity contribution in [2.75, 3.05) is 0 Å². The van der Waals surface area contributed by atoms with Gasteiger partial charge in [0.15, 0.2) is 0 Å². The van der Waals surface area contributed by atoms with Crippen LogP contribution in [0.2, 0.25) is 0 Å². The number of fused-ring (bicyclic) bond motifs is 1. The van der Waals surface area contributed by atoms with Crippen molar-refractivity contribution in [3.05, 3.63) is 83.9 Å². The maximum Gasteiger partial charge on any atom is 0.408 e. The van der Waals surface area contributed by atoms with Crippen molar-refractivity contribution in [3.8, 4) is 0 Å². The summed E-state index contributed by atoms with van der Waals surface area (Å²) < 4.78 is 5.28. The van der Waals surface area contributed by atoms with Crippen molar-refractivity contribution >= 4 is 40.4 Å². The fraction of sp³-hybridized carbons (Fsp3) is 0.382. The van der Waals surface area contributed by atoms with Gasteiger partial charge >= 0.3 is 6.09 Å². The number of nitrogens with two attached hydrogens (primary N) is 1. The van der Waals surface area contributed by atoms with Gasteiger partial charge in [-0.05, 0) is 40.2 Å². The minimum atomic E-state index is -1.20. The smallest absolute Gasteiger partial charge is 0.408 e. The van der Waals surface area contributed by atoms with E-state index >= 15 is 0 Å². The van der Waals surface area contributed by atoms with E-state index in [9.17, 15) is 24.0 Å². The number of rotatable bonds is 15. The van der Waals surface area contributed by atoms with Gasteiger partial charge in [0, 0.05) is 6.42 Å². The number of Topliss-reactive ketones (excluding diaryl/α,β-unsaturated/α-hetero) is 1. The van der Waals surface area contributed by atoms with Crippen LogP contribution in [0.1, 0.15) is 51.7 Å². The van der Waals surface area contributed by atoms with Gasteiger partial charge in [-0.3, -0.25) is 19.2 Å². The van der Waals surface area contributed by atoms with E-state index in [0.717, 1.165) is 21.9 Å². The number of primary amides is 1. The molecule has 0 aliphatic carbocycles. The van der Waals surface area contributed by atoms with E-state index in [1.54, 1.807) is 6.92 Å². The van der Waals surface area contributed by atoms with E-state index in [1.807, 2.05) is 93.6 Å². The molecule has 0 radical (unpaired) electrons. The third-order valence-corrected chi connectivity index (χ3v) is 7.45. The van der Waals surface area contributed by atoms with Gasteiger partial charge in [-0.1, -0.05) is 107 Å². The fourth-order valence-corrected chi connectivity index (χ4v) is 4.76. The standard InChI is InChI=1S/C34H42N4O6/c1-5-22(4)29(38-32(41)28(17-21(2)3)37-34(43)44-20-23-11-7-6-8-12-23)30(39)33(42)36-27(31(35)40)19-24-15-16-25-13-9-10-14-26(25)18-24/h6-16,18,21-22,27-29H,5,17,19-20H2,1-4H3,(H2,35,40)(H,36,42)(H,37,43)(H,38,41)/t22-,27-,28-,29?/m0/s1. The number of ether oxygens (including phenoxy) is 1. The average Bonchev–Trinajstić information content (AvgIpc) is 3.01. The van der Waals surface area contributed by atoms with Crippen LogP contribution >= 0.6 is 0 Å². The van der Waals surface area contributed by atoms with Crippen molar-refractivity contribution in [1.82, 2.24) is 16.0 Å². The van der Waals surface area contributed by atoms with Gasteiger partial charge in [0.05, 0.1) is 6.04 Å². The number of ketones is 1. The summed E-state index contributed by atoms with van der Waals surface area (Å²) in [4.78, 5) is 64.8. The first-order valence-electron chi connectivity index (χ1n) is 14.9. The molecule has 4 atom stereocenters. The van der Waals surface area contributed by atoms with E-state index in [4.69, 9.17) is 10.5 Å². The zero-order valence-corrected chi connectivity index (χ0v) is 25.7. The van der Waals surface area contributed by atoms with E-state index in [-0.39, 0.29) is 25.4 Å². The molecule has 3 aromatic carbocycles. The van der Waals surface area contributed by atoms with E-state index in [0.29, 0.717) is 6.42 Å². The average molecular weight is 603 g/mol. The Bertz CT molecular complexity index is 1460. The molecule has 0 spiro atoms. The van der Waals surface area contributed by atoms with Gasteiger partial charge < -0.3 is 26.4 Å². The first kappa shape index (κ1) is 33.8. The second-order valence-corrected chi connectivity index (χ2v) is 11.4. The minimum Gasteiger partial charge on any atom is -0.445 e. The van der Waals surface area contributed by atoms with E-state index in [2.05, 4.69) is 16.0 Å². The van der Waals surface area contributed by atoms with Crippen LogP contribution in [0, 0.1) is 11.8 Å². The van der Waals surface area contributed by atoms with Gasteiger partial charge in [0.25, 0.3) is 5.91 Å². The Hall–Kier alpha value is -4.73. The first-order valence-corrected chi connectivity index (χ1v) is 14.9. The lowest BCUT2D eigenvalue weighted by Crippen LogP contribution is -2.57. The lowest BCUT2D eigenvalue weighted by Gasteiger charge is -2.27. The van der Waals surface area contributed by atoms with Gasteiger partial charge in [-0.2, -0.15) is 0 Å². The molecule has 5 N–H and O–H groups in total. The van der Waals surface area contributed by atoms with Crippen molar-refractivity contribution < 1.29 is 28.7 Å². The second-order valence-electron chi connectivity index (χ2n) is 11.4. The van der Waals surface area contributed by atoms with Gasteiger partial charge in [-0.15, -0.1) is 0 Å². The second kappa shape index (κ2) is 16.2. The number of amides is 4. The largest absolute Gasteiger partial charge is 0.445 e. The number of alkyl carbamates (subject to hydrolysis) is 1. The Labute approximate surface area is 258 Å². The molecule has 0 heterocycles. The lowest BCUT2D eigenvalue weighted by atomic mass is 9.93. The molecule has 0 fully saturated rings. The number of carbonyl (C=O) groups excluding carboxylic acids is 5. The van der Waals surface area contributed by atoms with Crippen molar-refractivity contribution in [2.24, 2.45) is 17.6 Å². The van der Waals surface area contributed by atoms with Crippen LogP contribution in [0.5, 0.6) is 0 Å². The Morgan fingerprint density at radius 2 is 1.43 bits per heavy atom. The summed E-state index contributed by atoms with van der Waals surface area (Å²) in [5.41, 5.74) is 7.14. The molecule has 10 heteroatoms. The van der Waals surface area contributed by atoms with Gasteiger partial charge in [0.2, 0.25) is 17.6 Å². The van der Waals surface area contributed by atoms with Crippen molar-refractivity contribution in [1.29, 1.82) is 0 Å². The predicted octanol–water partition coefficient (Wildman–Crippen LogP) is 3.79. The summed E-state index contributed by atoms with van der Waals surface area (Å²) in [5, 5.41) is 9.71. The molecule has 10 nitrogen and oxygen atoms in total. The van der Waals surface area contributed by atoms with Crippen molar-refractivity contribution in [2.45, 2.75) is 71.7 Å². The number of benzene rings is 3. The first-order chi connectivity index (χ1) is 21.0. The molecule has 0 aliphatic rings. The number of hydrogen-bond acceptors (Lipinski definition) is 6. The zero-order chi connectivity index (χ0) is 32.2. The maximum absolute atomic E-state index is 13.4. The predicted molar refractivity (Wildman–Crippen MR) is 168 cm³/mol. The monoisotopic (exact) mass is 602 g/mol. The Morgan fingerprint density at radius 1 is 0.773 bits per heavy atom. The molecule has 0 saturated carbocycles. The zero-order valence-electron chi connectivity index (χ0n) is 25.7. The summed E-state index contributed by atoms with van der Waals surface area (Å²) in [6.07, 6.45) is 0.0547. The number of carbonyl (C=O) groups is 5. The molecule has 3 rings (SSSR count). The topological polar surface area (TPSA) is 157 Å². The van der Waals surface area contributed by atoms with Crippen LogP contribution in [-0.2, 0) is 36.9 Å². The highest BCUT2D eigenvalue weighted by Crippen LogP contribution is 2.17. The van der Waals surface area contributed by atoms with Crippen LogP contribution in [-0.4, -0.2) is 47.7 Å². The fourth-order valence-electron chi connectivity index (χ4n) is 4.76. The van der Waals surface area contributed by atoms with Crippen LogP contribution in [0.4, 0.5) is 4.79 Å². The molecular weight excluding hydrogens is 560 g/mol. The Morgan fingerprint density at radius 3 is 2.07 bits per heavy atom. The van der Waals surface area contributed by atoms with E-state index in [1.165, 1.54) is 0 Å². The molecule has 3 aromatic rings. The molecule has 234 valence electrons. The Balaban J connectivity index is 1.69. The number of hydrogen-bond donors (Lipinski definition) is 4. The molecule has 1 unspecified atom stereocenters. The summed E-state index contributed by atoms with van der Waals surface area (Å²) in [5.74, 6) is -3.76. The maximum atomic E-state index is 13.4. The Kier molecular flexibility index (Phi) is 12.4. The number of nitrogens with one attached hydrogen (secondary N) is 3. The third kappa shape index (κ3) is 9.93. The highest BCUT2D eigenvalue weighted by Gasteiger charge is 2.35. The van der Waals surface area contributed by atoms with Crippen LogP contribution in [0.3, 0.4) is 0 Å². The summed E-state index contributed by atoms with van der Waals surface area (Å²) in [6, 6.07) is 19.1. The van der Waals surface area contributed by atoms with Gasteiger partial charge in [0.1, 0.15) is 18.7 Å². The highest BCUT2D eigenvalue weighted by atomic mass is 16.5. The summed E-state index contributed by atoms with van der Waals surface area (Å²) >= 11 is 0. The normalized spacial score (nSPS) is 13.8. The van der Waals surface area contributed by atoms with Crippen LogP contribution in [0.15, 0.2) is 72.8 Å². The van der Waals surface area contributed by atoms with Crippen LogP contribution < -0.4 is 21.7 Å². The molecule has 44 heavy (non-hydrogen) atoms. The SMILES string of the molecule is CC[C@H](C)C(NC(=O)[C@H](CC(C)C)NC(=O)OCc1ccccc1)C(=O)C(=O)N[C@@H](Cc1ccc2ccccc2c1)C(N)=O. The molecular formula is C34H42N4O6. The summed E-state index contributed by atoms with van der Waals surface area (Å²) in [6.45, 7) is 7.36. The molecule has 4 amide bonds. The minimum absolute atomic E-state index is 0.0210. The van der Waals surface area contributed by atoms with Crippen molar-refractivity contribution in [3.63, 3.8) is 0 Å². The van der Waals surface area contributed by atoms with Gasteiger partial charge in [-0.25, -0.2) is 4.79 Å². The molecule has 0 aromatic heterocycles. The third-order valence-electron chi connectivity index (χ3n) is 7.45. The molecule has 0 saturated heterocycles. The quantitative estimate of drug-likeness (QED) is 0.194. The lowest BCUT2D eigenvalue weighted by molar-refractivity contribution is -0.142. The van der Waals surface area contributed by atoms with E-state index < -0.39 is 53.6 Å². The highest BCUT2D eigenvalue weighted by molar-refractivity contribution is 6.39. The molecule has 0 aliphatic heterocycles. The molecule has 0 bridgehead atoms.